The quantitative estimate of drug-likeness (QED) is 0.727. The highest BCUT2D eigenvalue weighted by atomic mass is 79.9. The van der Waals surface area contributed by atoms with E-state index in [1.165, 1.54) is 11.1 Å². The van der Waals surface area contributed by atoms with Crippen LogP contribution in [0, 0.1) is 13.8 Å². The fourth-order valence-corrected chi connectivity index (χ4v) is 1.18. The summed E-state index contributed by atoms with van der Waals surface area (Å²) in [7, 11) is 0. The van der Waals surface area contributed by atoms with Gasteiger partial charge in [-0.05, 0) is 37.1 Å². The van der Waals surface area contributed by atoms with Gasteiger partial charge < -0.3 is 4.55 Å². The number of halogens is 1. The van der Waals surface area contributed by atoms with Gasteiger partial charge in [-0.2, -0.15) is 0 Å². The highest BCUT2D eigenvalue weighted by Gasteiger charge is 1.90. The van der Waals surface area contributed by atoms with Crippen LogP contribution >= 0.6 is 15.9 Å². The fraction of sp³-hybridized carbons (Fsp3) is 0.250. The molecule has 5 heteroatoms. The SMILES string of the molecule is Cc1ccc(Br)cc1C.NS(=O)[O-]. The highest BCUT2D eigenvalue weighted by molar-refractivity contribution is 9.10. The Morgan fingerprint density at radius 2 is 1.85 bits per heavy atom. The molecule has 0 bridgehead atoms. The minimum Gasteiger partial charge on any atom is -0.760 e. The highest BCUT2D eigenvalue weighted by Crippen LogP contribution is 2.14. The second-order valence-electron chi connectivity index (χ2n) is 2.49. The van der Waals surface area contributed by atoms with Gasteiger partial charge in [0.25, 0.3) is 0 Å². The predicted octanol–water partition coefficient (Wildman–Crippen LogP) is 1.81. The maximum atomic E-state index is 8.78. The Kier molecular flexibility index (Phi) is 6.15. The van der Waals surface area contributed by atoms with E-state index in [0.717, 1.165) is 4.47 Å². The summed E-state index contributed by atoms with van der Waals surface area (Å²) in [5.41, 5.74) is 2.68. The molecule has 0 saturated heterocycles. The van der Waals surface area contributed by atoms with Crippen molar-refractivity contribution in [3.63, 3.8) is 0 Å². The van der Waals surface area contributed by atoms with Gasteiger partial charge in [0, 0.05) is 15.7 Å². The molecule has 2 N–H and O–H groups in total. The molecule has 0 amide bonds. The molecule has 1 rings (SSSR count). The summed E-state index contributed by atoms with van der Waals surface area (Å²) in [4.78, 5) is 0. The van der Waals surface area contributed by atoms with Gasteiger partial charge in [-0.15, -0.1) is 0 Å². The van der Waals surface area contributed by atoms with Crippen LogP contribution in [0.4, 0.5) is 0 Å². The van der Waals surface area contributed by atoms with Crippen LogP contribution in [0.1, 0.15) is 11.1 Å². The first-order chi connectivity index (χ1) is 5.93. The zero-order valence-corrected chi connectivity index (χ0v) is 9.81. The second-order valence-corrected chi connectivity index (χ2v) is 3.93. The number of hydrogen-bond acceptors (Lipinski definition) is 2. The Balaban J connectivity index is 0.000000310. The van der Waals surface area contributed by atoms with Crippen molar-refractivity contribution in [1.82, 2.24) is 0 Å². The topological polar surface area (TPSA) is 66.2 Å². The Hall–Kier alpha value is -0.230. The first-order valence-electron chi connectivity index (χ1n) is 3.50. The summed E-state index contributed by atoms with van der Waals surface area (Å²) < 4.78 is 18.7. The van der Waals surface area contributed by atoms with Gasteiger partial charge in [0.1, 0.15) is 0 Å². The molecule has 0 heterocycles. The largest absolute Gasteiger partial charge is 0.760 e. The molecule has 1 aromatic carbocycles. The van der Waals surface area contributed by atoms with Gasteiger partial charge in [0.2, 0.25) is 0 Å². The van der Waals surface area contributed by atoms with Crippen molar-refractivity contribution in [2.24, 2.45) is 5.14 Å². The molecule has 3 nitrogen and oxygen atoms in total. The molecule has 13 heavy (non-hydrogen) atoms. The summed E-state index contributed by atoms with van der Waals surface area (Å²) in [6.07, 6.45) is 0. The van der Waals surface area contributed by atoms with Crippen molar-refractivity contribution in [1.29, 1.82) is 0 Å². The molecule has 1 aromatic rings. The van der Waals surface area contributed by atoms with E-state index in [1.807, 2.05) is 0 Å². The zero-order chi connectivity index (χ0) is 10.4. The lowest BCUT2D eigenvalue weighted by molar-refractivity contribution is 0.539. The van der Waals surface area contributed by atoms with Crippen LogP contribution in [0.5, 0.6) is 0 Å². The third-order valence-corrected chi connectivity index (χ3v) is 1.96. The Bertz CT molecular complexity index is 300. The van der Waals surface area contributed by atoms with E-state index in [1.54, 1.807) is 0 Å². The molecule has 0 aliphatic rings. The second kappa shape index (κ2) is 6.26. The molecule has 0 spiro atoms. The maximum Gasteiger partial charge on any atom is 0.0178 e. The summed E-state index contributed by atoms with van der Waals surface area (Å²) in [6.45, 7) is 4.22. The van der Waals surface area contributed by atoms with Gasteiger partial charge in [0.05, 0.1) is 0 Å². The van der Waals surface area contributed by atoms with Crippen molar-refractivity contribution in [3.8, 4) is 0 Å². The lowest BCUT2D eigenvalue weighted by Gasteiger charge is -1.97. The minimum atomic E-state index is -2.36. The number of hydrogen-bond donors (Lipinski definition) is 1. The summed E-state index contributed by atoms with van der Waals surface area (Å²) in [6, 6.07) is 6.29. The lowest BCUT2D eigenvalue weighted by Crippen LogP contribution is -1.97. The van der Waals surface area contributed by atoms with Crippen LogP contribution < -0.4 is 5.14 Å². The molecule has 0 aliphatic heterocycles. The van der Waals surface area contributed by atoms with Gasteiger partial charge in [-0.25, -0.2) is 0 Å². The molecule has 0 saturated carbocycles. The number of aryl methyl sites for hydroxylation is 2. The summed E-state index contributed by atoms with van der Waals surface area (Å²) in [5, 5.41) is 4.03. The molecule has 0 radical (unpaired) electrons. The molecular formula is C8H11BrNO2S-. The molecule has 0 aliphatic carbocycles. The van der Waals surface area contributed by atoms with Gasteiger partial charge in [-0.3, -0.25) is 9.35 Å². The number of benzene rings is 1. The third kappa shape index (κ3) is 6.89. The smallest absolute Gasteiger partial charge is 0.0178 e. The summed E-state index contributed by atoms with van der Waals surface area (Å²) >= 11 is 1.04. The van der Waals surface area contributed by atoms with Crippen LogP contribution in [-0.2, 0) is 11.3 Å². The standard InChI is InChI=1S/C8H9Br.H3NO2S/c1-6-3-4-8(9)5-7(6)2;1-4(2)3/h3-5H,1-2H3;1H2,(H,2,3)/p-1. The van der Waals surface area contributed by atoms with Crippen LogP contribution in [-0.4, -0.2) is 8.76 Å². The van der Waals surface area contributed by atoms with Crippen LogP contribution in [0.3, 0.4) is 0 Å². The van der Waals surface area contributed by atoms with Gasteiger partial charge >= 0.3 is 0 Å². The minimum absolute atomic E-state index is 1.16. The van der Waals surface area contributed by atoms with Crippen molar-refractivity contribution >= 4 is 27.2 Å². The monoisotopic (exact) mass is 264 g/mol. The third-order valence-electron chi connectivity index (χ3n) is 1.47. The lowest BCUT2D eigenvalue weighted by atomic mass is 10.1. The van der Waals surface area contributed by atoms with E-state index in [4.69, 9.17) is 8.76 Å². The average molecular weight is 265 g/mol. The van der Waals surface area contributed by atoms with Gasteiger partial charge in [-0.1, -0.05) is 22.0 Å². The number of rotatable bonds is 0. The van der Waals surface area contributed by atoms with E-state index in [9.17, 15) is 0 Å². The first-order valence-corrected chi connectivity index (χ1v) is 5.43. The number of nitrogens with two attached hydrogens (primary N) is 1. The van der Waals surface area contributed by atoms with E-state index in [-0.39, 0.29) is 0 Å². The predicted molar refractivity (Wildman–Crippen MR) is 56.7 cm³/mol. The van der Waals surface area contributed by atoms with Crippen molar-refractivity contribution in [2.45, 2.75) is 13.8 Å². The van der Waals surface area contributed by atoms with E-state index >= 15 is 0 Å². The van der Waals surface area contributed by atoms with Crippen LogP contribution in [0.2, 0.25) is 0 Å². The molecular weight excluding hydrogens is 254 g/mol. The normalized spacial score (nSPS) is 11.5. The van der Waals surface area contributed by atoms with Gasteiger partial charge in [0.15, 0.2) is 0 Å². The van der Waals surface area contributed by atoms with E-state index in [2.05, 4.69) is 53.1 Å². The summed E-state index contributed by atoms with van der Waals surface area (Å²) in [5.74, 6) is 0. The molecule has 1 atom stereocenters. The van der Waals surface area contributed by atoms with E-state index < -0.39 is 11.3 Å². The Morgan fingerprint density at radius 3 is 2.15 bits per heavy atom. The van der Waals surface area contributed by atoms with E-state index in [0.29, 0.717) is 0 Å². The van der Waals surface area contributed by atoms with Crippen molar-refractivity contribution < 1.29 is 8.76 Å². The average Bonchev–Trinajstić information content (AvgIpc) is 1.96. The zero-order valence-electron chi connectivity index (χ0n) is 7.41. The molecule has 0 aromatic heterocycles. The van der Waals surface area contributed by atoms with Crippen LogP contribution in [0.15, 0.2) is 22.7 Å². The Labute approximate surface area is 88.9 Å². The molecule has 74 valence electrons. The first kappa shape index (κ1) is 12.8. The fourth-order valence-electron chi connectivity index (χ4n) is 0.705. The maximum absolute atomic E-state index is 8.78. The Morgan fingerprint density at radius 1 is 1.38 bits per heavy atom. The van der Waals surface area contributed by atoms with Crippen molar-refractivity contribution in [2.75, 3.05) is 0 Å². The van der Waals surface area contributed by atoms with Crippen molar-refractivity contribution in [3.05, 3.63) is 33.8 Å². The molecule has 0 fully saturated rings. The van der Waals surface area contributed by atoms with Crippen LogP contribution in [0.25, 0.3) is 0 Å². The molecule has 1 unspecified atom stereocenters.